The molecule has 0 unspecified atom stereocenters. The Kier molecular flexibility index (Phi) is 2.76. The summed E-state index contributed by atoms with van der Waals surface area (Å²) in [7, 11) is 1.50. The number of isocyanates is 1. The summed E-state index contributed by atoms with van der Waals surface area (Å²) < 4.78 is 19.5. The van der Waals surface area contributed by atoms with Gasteiger partial charge in [-0.05, 0) is 43.9 Å². The first-order chi connectivity index (χ1) is 8.05. The molecule has 3 nitrogen and oxygen atoms in total. The molecule has 1 aliphatic carbocycles. The van der Waals surface area contributed by atoms with Crippen LogP contribution in [-0.4, -0.2) is 13.2 Å². The second kappa shape index (κ2) is 3.97. The Morgan fingerprint density at radius 2 is 2.06 bits per heavy atom. The predicted molar refractivity (Wildman–Crippen MR) is 61.5 cm³/mol. The standard InChI is InChI=1S/C13H14FNO2/c1-8-6-9(2)12(17-3)10(11(8)14)13(4-5-13)15-7-16/h6H,4-5H2,1-3H3. The van der Waals surface area contributed by atoms with Crippen LogP contribution in [0.1, 0.15) is 29.5 Å². The molecule has 1 saturated carbocycles. The van der Waals surface area contributed by atoms with Crippen LogP contribution < -0.4 is 4.74 Å². The van der Waals surface area contributed by atoms with Gasteiger partial charge in [-0.3, -0.25) is 0 Å². The third-order valence-corrected chi connectivity index (χ3v) is 3.24. The summed E-state index contributed by atoms with van der Waals surface area (Å²) in [5.74, 6) is 0.161. The summed E-state index contributed by atoms with van der Waals surface area (Å²) in [4.78, 5) is 14.2. The number of hydrogen-bond acceptors (Lipinski definition) is 3. The van der Waals surface area contributed by atoms with Crippen molar-refractivity contribution in [2.75, 3.05) is 7.11 Å². The molecule has 0 atom stereocenters. The maximum Gasteiger partial charge on any atom is 0.235 e. The van der Waals surface area contributed by atoms with E-state index in [9.17, 15) is 9.18 Å². The Balaban J connectivity index is 2.71. The molecule has 1 fully saturated rings. The van der Waals surface area contributed by atoms with Gasteiger partial charge in [-0.25, -0.2) is 9.18 Å². The lowest BCUT2D eigenvalue weighted by molar-refractivity contribution is 0.393. The molecule has 0 amide bonds. The first kappa shape index (κ1) is 11.8. The number of aryl methyl sites for hydroxylation is 2. The molecule has 0 heterocycles. The Labute approximate surface area is 99.3 Å². The molecule has 0 bridgehead atoms. The van der Waals surface area contributed by atoms with Crippen molar-refractivity contribution >= 4 is 6.08 Å². The van der Waals surface area contributed by atoms with Crippen LogP contribution in [0.3, 0.4) is 0 Å². The molecule has 0 N–H and O–H groups in total. The number of rotatable bonds is 3. The molecule has 0 radical (unpaired) electrons. The first-order valence-corrected chi connectivity index (χ1v) is 5.49. The summed E-state index contributed by atoms with van der Waals surface area (Å²) in [5, 5.41) is 0. The van der Waals surface area contributed by atoms with Crippen LogP contribution in [0.15, 0.2) is 11.1 Å². The molecule has 1 aromatic rings. The van der Waals surface area contributed by atoms with Crippen molar-refractivity contribution in [1.29, 1.82) is 0 Å². The maximum atomic E-state index is 14.2. The second-order valence-electron chi connectivity index (χ2n) is 4.47. The van der Waals surface area contributed by atoms with Crippen molar-refractivity contribution in [1.82, 2.24) is 0 Å². The quantitative estimate of drug-likeness (QED) is 0.597. The maximum absolute atomic E-state index is 14.2. The fraction of sp³-hybridized carbons (Fsp3) is 0.462. The minimum atomic E-state index is -0.742. The molecular formula is C13H14FNO2. The van der Waals surface area contributed by atoms with E-state index in [1.165, 1.54) is 13.2 Å². The average Bonchev–Trinajstić information content (AvgIpc) is 3.04. The van der Waals surface area contributed by atoms with E-state index in [-0.39, 0.29) is 5.82 Å². The third-order valence-electron chi connectivity index (χ3n) is 3.24. The smallest absolute Gasteiger partial charge is 0.235 e. The van der Waals surface area contributed by atoms with E-state index >= 15 is 0 Å². The van der Waals surface area contributed by atoms with Crippen LogP contribution in [0.2, 0.25) is 0 Å². The predicted octanol–water partition coefficient (Wildman–Crippen LogP) is 2.78. The summed E-state index contributed by atoms with van der Waals surface area (Å²) in [5.41, 5.74) is 1.06. The molecule has 4 heteroatoms. The highest BCUT2D eigenvalue weighted by Gasteiger charge is 2.49. The lowest BCUT2D eigenvalue weighted by atomic mass is 9.97. The molecule has 90 valence electrons. The molecule has 0 spiro atoms. The zero-order chi connectivity index (χ0) is 12.6. The van der Waals surface area contributed by atoms with Gasteiger partial charge in [0.2, 0.25) is 6.08 Å². The zero-order valence-electron chi connectivity index (χ0n) is 10.1. The van der Waals surface area contributed by atoms with Crippen LogP contribution in [0.25, 0.3) is 0 Å². The molecule has 17 heavy (non-hydrogen) atoms. The van der Waals surface area contributed by atoms with E-state index < -0.39 is 5.54 Å². The highest BCUT2D eigenvalue weighted by atomic mass is 19.1. The number of methoxy groups -OCH3 is 1. The van der Waals surface area contributed by atoms with Crippen molar-refractivity contribution < 1.29 is 13.9 Å². The minimum absolute atomic E-state index is 0.330. The van der Waals surface area contributed by atoms with E-state index in [1.54, 1.807) is 13.0 Å². The first-order valence-electron chi connectivity index (χ1n) is 5.49. The van der Waals surface area contributed by atoms with Gasteiger partial charge in [-0.2, -0.15) is 4.99 Å². The van der Waals surface area contributed by atoms with Crippen molar-refractivity contribution in [2.45, 2.75) is 32.2 Å². The Hall–Kier alpha value is -1.67. The normalized spacial score (nSPS) is 16.2. The largest absolute Gasteiger partial charge is 0.496 e. The van der Waals surface area contributed by atoms with Gasteiger partial charge >= 0.3 is 0 Å². The topological polar surface area (TPSA) is 38.7 Å². The summed E-state index contributed by atoms with van der Waals surface area (Å²) in [6, 6.07) is 1.73. The summed E-state index contributed by atoms with van der Waals surface area (Å²) in [6.45, 7) is 3.56. The number of carbonyl (C=O) groups excluding carboxylic acids is 1. The SMILES string of the molecule is COc1c(C)cc(C)c(F)c1C1(N=C=O)CC1. The molecule has 1 aromatic carbocycles. The van der Waals surface area contributed by atoms with E-state index in [2.05, 4.69) is 4.99 Å². The Morgan fingerprint density at radius 3 is 2.53 bits per heavy atom. The number of aliphatic imine (C=N–C) groups is 1. The van der Waals surface area contributed by atoms with Gasteiger partial charge in [0.1, 0.15) is 17.1 Å². The van der Waals surface area contributed by atoms with Gasteiger partial charge < -0.3 is 4.74 Å². The van der Waals surface area contributed by atoms with Crippen LogP contribution in [0.5, 0.6) is 5.75 Å². The van der Waals surface area contributed by atoms with Crippen molar-refractivity contribution in [3.05, 3.63) is 28.6 Å². The zero-order valence-corrected chi connectivity index (χ0v) is 10.1. The van der Waals surface area contributed by atoms with Crippen molar-refractivity contribution in [3.63, 3.8) is 0 Å². The van der Waals surface area contributed by atoms with Crippen molar-refractivity contribution in [3.8, 4) is 5.75 Å². The Morgan fingerprint density at radius 1 is 1.41 bits per heavy atom. The third kappa shape index (κ3) is 1.75. The van der Waals surface area contributed by atoms with Gasteiger partial charge in [0, 0.05) is 0 Å². The van der Waals surface area contributed by atoms with Crippen LogP contribution in [0.4, 0.5) is 4.39 Å². The summed E-state index contributed by atoms with van der Waals surface area (Å²) in [6.07, 6.45) is 2.87. The number of ether oxygens (including phenoxy) is 1. The fourth-order valence-corrected chi connectivity index (χ4v) is 2.25. The number of hydrogen-bond donors (Lipinski definition) is 0. The van der Waals surface area contributed by atoms with E-state index in [1.807, 2.05) is 6.92 Å². The van der Waals surface area contributed by atoms with E-state index in [0.717, 1.165) is 5.56 Å². The highest BCUT2D eigenvalue weighted by Crippen LogP contribution is 2.54. The van der Waals surface area contributed by atoms with E-state index in [0.29, 0.717) is 29.7 Å². The van der Waals surface area contributed by atoms with E-state index in [4.69, 9.17) is 4.74 Å². The van der Waals surface area contributed by atoms with Gasteiger partial charge in [-0.15, -0.1) is 0 Å². The molecule has 0 aliphatic heterocycles. The molecule has 0 saturated heterocycles. The lowest BCUT2D eigenvalue weighted by Gasteiger charge is -2.18. The Bertz CT molecular complexity index is 515. The van der Waals surface area contributed by atoms with Crippen molar-refractivity contribution in [2.24, 2.45) is 4.99 Å². The number of benzene rings is 1. The second-order valence-corrected chi connectivity index (χ2v) is 4.47. The monoisotopic (exact) mass is 235 g/mol. The average molecular weight is 235 g/mol. The van der Waals surface area contributed by atoms with Gasteiger partial charge in [0.05, 0.1) is 12.7 Å². The molecule has 2 rings (SSSR count). The highest BCUT2D eigenvalue weighted by molar-refractivity contribution is 5.53. The number of halogens is 1. The lowest BCUT2D eigenvalue weighted by Crippen LogP contribution is -2.11. The van der Waals surface area contributed by atoms with Gasteiger partial charge in [0.15, 0.2) is 0 Å². The molecule has 0 aromatic heterocycles. The summed E-state index contributed by atoms with van der Waals surface area (Å²) >= 11 is 0. The van der Waals surface area contributed by atoms with Crippen LogP contribution in [-0.2, 0) is 10.3 Å². The van der Waals surface area contributed by atoms with Crippen LogP contribution in [0, 0.1) is 19.7 Å². The molecule has 1 aliphatic rings. The molecular weight excluding hydrogens is 221 g/mol. The van der Waals surface area contributed by atoms with Crippen LogP contribution >= 0.6 is 0 Å². The number of nitrogens with zero attached hydrogens (tertiary/aromatic N) is 1. The minimum Gasteiger partial charge on any atom is -0.496 e. The van der Waals surface area contributed by atoms with Gasteiger partial charge in [0.25, 0.3) is 0 Å². The van der Waals surface area contributed by atoms with Gasteiger partial charge in [-0.1, -0.05) is 0 Å². The fourth-order valence-electron chi connectivity index (χ4n) is 2.25.